The third-order valence-electron chi connectivity index (χ3n) is 4.98. The van der Waals surface area contributed by atoms with Crippen molar-refractivity contribution in [1.82, 2.24) is 9.97 Å². The molecule has 0 spiro atoms. The molecule has 1 fully saturated rings. The predicted octanol–water partition coefficient (Wildman–Crippen LogP) is 5.33. The summed E-state index contributed by atoms with van der Waals surface area (Å²) in [5.41, 5.74) is 3.35. The summed E-state index contributed by atoms with van der Waals surface area (Å²) in [4.78, 5) is 13.9. The Balaban J connectivity index is 1.48. The molecule has 5 rings (SSSR count). The smallest absolute Gasteiger partial charge is 0.240 e. The van der Waals surface area contributed by atoms with Gasteiger partial charge >= 0.3 is 0 Å². The van der Waals surface area contributed by atoms with E-state index in [4.69, 9.17) is 14.7 Å². The molecule has 2 aromatic heterocycles. The summed E-state index contributed by atoms with van der Waals surface area (Å²) in [5.74, 6) is 2.92. The molecule has 3 aromatic rings. The number of aliphatic imine (C=N–C) groups is 1. The molecular weight excluding hydrogens is 330 g/mol. The highest BCUT2D eigenvalue weighted by molar-refractivity contribution is 7.17. The maximum absolute atomic E-state index is 6.16. The third kappa shape index (κ3) is 3.04. The van der Waals surface area contributed by atoms with E-state index >= 15 is 0 Å². The molecule has 1 saturated carbocycles. The van der Waals surface area contributed by atoms with Gasteiger partial charge in [0.1, 0.15) is 16.3 Å². The summed E-state index contributed by atoms with van der Waals surface area (Å²) in [7, 11) is 0. The van der Waals surface area contributed by atoms with Gasteiger partial charge in [0.25, 0.3) is 0 Å². The van der Waals surface area contributed by atoms with Gasteiger partial charge < -0.3 is 4.74 Å². The van der Waals surface area contributed by atoms with Gasteiger partial charge in [-0.15, -0.1) is 11.3 Å². The van der Waals surface area contributed by atoms with Crippen molar-refractivity contribution in [3.05, 3.63) is 47.1 Å². The Hall–Kier alpha value is -2.27. The van der Waals surface area contributed by atoms with Gasteiger partial charge in [0.15, 0.2) is 0 Å². The SMILES string of the molecule is c1cc2nc(C3CCCCC3)nc(Oc3ccc(C4=NC4)cc3)c2s1. The summed E-state index contributed by atoms with van der Waals surface area (Å²) in [6.07, 6.45) is 6.25. The van der Waals surface area contributed by atoms with E-state index in [1.54, 1.807) is 11.3 Å². The van der Waals surface area contributed by atoms with E-state index in [2.05, 4.69) is 28.6 Å². The van der Waals surface area contributed by atoms with E-state index in [0.29, 0.717) is 11.8 Å². The van der Waals surface area contributed by atoms with Crippen LogP contribution in [-0.2, 0) is 0 Å². The average molecular weight is 349 g/mol. The van der Waals surface area contributed by atoms with Crippen LogP contribution in [0.3, 0.4) is 0 Å². The minimum Gasteiger partial charge on any atom is -0.437 e. The fraction of sp³-hybridized carbons (Fsp3) is 0.350. The van der Waals surface area contributed by atoms with Gasteiger partial charge in [-0.05, 0) is 54.1 Å². The molecule has 3 heterocycles. The minimum absolute atomic E-state index is 0.468. The number of fused-ring (bicyclic) bond motifs is 1. The zero-order valence-corrected chi connectivity index (χ0v) is 14.8. The number of benzene rings is 1. The molecule has 0 N–H and O–H groups in total. The van der Waals surface area contributed by atoms with Gasteiger partial charge in [-0.3, -0.25) is 4.99 Å². The molecule has 0 unspecified atom stereocenters. The van der Waals surface area contributed by atoms with Crippen molar-refractivity contribution in [1.29, 1.82) is 0 Å². The lowest BCUT2D eigenvalue weighted by molar-refractivity contribution is 0.418. The number of hydrogen-bond acceptors (Lipinski definition) is 5. The molecule has 1 aliphatic carbocycles. The Morgan fingerprint density at radius 1 is 0.960 bits per heavy atom. The van der Waals surface area contributed by atoms with E-state index < -0.39 is 0 Å². The van der Waals surface area contributed by atoms with Crippen LogP contribution in [0.25, 0.3) is 10.2 Å². The van der Waals surface area contributed by atoms with Gasteiger partial charge in [-0.1, -0.05) is 19.3 Å². The highest BCUT2D eigenvalue weighted by atomic mass is 32.1. The summed E-state index contributed by atoms with van der Waals surface area (Å²) >= 11 is 1.64. The van der Waals surface area contributed by atoms with Gasteiger partial charge in [0.05, 0.1) is 17.8 Å². The first kappa shape index (κ1) is 15.0. The first-order chi connectivity index (χ1) is 12.4. The Labute approximate surface area is 150 Å². The van der Waals surface area contributed by atoms with Crippen LogP contribution in [-0.4, -0.2) is 22.2 Å². The lowest BCUT2D eigenvalue weighted by atomic mass is 9.89. The zero-order valence-electron chi connectivity index (χ0n) is 13.9. The average Bonchev–Trinajstić information content (AvgIpc) is 3.40. The normalized spacial score (nSPS) is 17.5. The van der Waals surface area contributed by atoms with Crippen LogP contribution in [0.15, 0.2) is 40.7 Å². The van der Waals surface area contributed by atoms with Crippen LogP contribution in [0.2, 0.25) is 0 Å². The van der Waals surface area contributed by atoms with E-state index in [1.165, 1.54) is 43.4 Å². The van der Waals surface area contributed by atoms with Crippen molar-refractivity contribution in [3.8, 4) is 11.6 Å². The maximum atomic E-state index is 6.16. The van der Waals surface area contributed by atoms with Crippen molar-refractivity contribution >= 4 is 27.3 Å². The second-order valence-corrected chi connectivity index (χ2v) is 7.66. The van der Waals surface area contributed by atoms with Crippen molar-refractivity contribution in [3.63, 3.8) is 0 Å². The van der Waals surface area contributed by atoms with E-state index in [-0.39, 0.29) is 0 Å². The molecule has 5 heteroatoms. The van der Waals surface area contributed by atoms with Gasteiger partial charge in [-0.25, -0.2) is 4.98 Å². The van der Waals surface area contributed by atoms with Crippen molar-refractivity contribution in [2.24, 2.45) is 4.99 Å². The van der Waals surface area contributed by atoms with Crippen LogP contribution in [0.5, 0.6) is 11.6 Å². The molecule has 1 aromatic carbocycles. The second kappa shape index (κ2) is 6.23. The number of nitrogens with zero attached hydrogens (tertiary/aromatic N) is 3. The van der Waals surface area contributed by atoms with Crippen molar-refractivity contribution < 1.29 is 4.74 Å². The summed E-state index contributed by atoms with van der Waals surface area (Å²) in [6.45, 7) is 0.868. The number of hydrogen-bond donors (Lipinski definition) is 0. The fourth-order valence-electron chi connectivity index (χ4n) is 3.52. The van der Waals surface area contributed by atoms with Gasteiger partial charge in [-0.2, -0.15) is 4.98 Å². The lowest BCUT2D eigenvalue weighted by Crippen LogP contribution is -2.09. The van der Waals surface area contributed by atoms with Crippen molar-refractivity contribution in [2.45, 2.75) is 38.0 Å². The quantitative estimate of drug-likeness (QED) is 0.639. The Bertz CT molecular complexity index is 939. The number of aromatic nitrogens is 2. The van der Waals surface area contributed by atoms with Gasteiger partial charge in [0, 0.05) is 5.92 Å². The van der Waals surface area contributed by atoms with E-state index in [1.807, 2.05) is 12.1 Å². The Kier molecular flexibility index (Phi) is 3.74. The molecule has 1 aliphatic heterocycles. The molecule has 0 radical (unpaired) electrons. The minimum atomic E-state index is 0.468. The number of ether oxygens (including phenoxy) is 1. The molecule has 4 nitrogen and oxygen atoms in total. The number of rotatable bonds is 4. The Morgan fingerprint density at radius 3 is 2.52 bits per heavy atom. The molecule has 2 aliphatic rings. The maximum Gasteiger partial charge on any atom is 0.240 e. The Morgan fingerprint density at radius 2 is 1.76 bits per heavy atom. The second-order valence-electron chi connectivity index (χ2n) is 6.75. The molecule has 126 valence electrons. The lowest BCUT2D eigenvalue weighted by Gasteiger charge is -2.20. The first-order valence-corrected chi connectivity index (χ1v) is 9.81. The predicted molar refractivity (Wildman–Crippen MR) is 101 cm³/mol. The fourth-order valence-corrected chi connectivity index (χ4v) is 4.27. The van der Waals surface area contributed by atoms with Crippen molar-refractivity contribution in [2.75, 3.05) is 6.54 Å². The number of thiophene rings is 1. The van der Waals surface area contributed by atoms with Crippen LogP contribution in [0.4, 0.5) is 0 Å². The molecule has 0 atom stereocenters. The third-order valence-corrected chi connectivity index (χ3v) is 5.87. The first-order valence-electron chi connectivity index (χ1n) is 8.93. The van der Waals surface area contributed by atoms with E-state index in [9.17, 15) is 0 Å². The standard InChI is InChI=1S/C20H19N3OS/c1-2-4-14(5-3-1)19-22-16-10-11-25-18(16)20(23-19)24-15-8-6-13(7-9-15)17-12-21-17/h6-11,14H,1-5,12H2. The van der Waals surface area contributed by atoms with Crippen LogP contribution < -0.4 is 4.74 Å². The highest BCUT2D eigenvalue weighted by Crippen LogP contribution is 2.36. The summed E-state index contributed by atoms with van der Waals surface area (Å²) in [5, 5.41) is 2.06. The van der Waals surface area contributed by atoms with E-state index in [0.717, 1.165) is 28.3 Å². The monoisotopic (exact) mass is 349 g/mol. The molecule has 0 amide bonds. The zero-order chi connectivity index (χ0) is 16.6. The van der Waals surface area contributed by atoms with Crippen LogP contribution >= 0.6 is 11.3 Å². The largest absolute Gasteiger partial charge is 0.437 e. The highest BCUT2D eigenvalue weighted by Gasteiger charge is 2.21. The van der Waals surface area contributed by atoms with Gasteiger partial charge in [0.2, 0.25) is 5.88 Å². The molecule has 25 heavy (non-hydrogen) atoms. The summed E-state index contributed by atoms with van der Waals surface area (Å²) in [6, 6.07) is 10.2. The molecular formula is C20H19N3OS. The summed E-state index contributed by atoms with van der Waals surface area (Å²) < 4.78 is 7.18. The molecule has 0 bridgehead atoms. The van der Waals surface area contributed by atoms with Crippen LogP contribution in [0.1, 0.15) is 49.4 Å². The topological polar surface area (TPSA) is 47.4 Å². The molecule has 0 saturated heterocycles. The van der Waals surface area contributed by atoms with Crippen LogP contribution in [0, 0.1) is 0 Å².